The van der Waals surface area contributed by atoms with E-state index < -0.39 is 0 Å². The molecule has 2 aromatic carbocycles. The molecular formula is C18H18N4. The minimum absolute atomic E-state index is 0.0534. The van der Waals surface area contributed by atoms with Gasteiger partial charge in [-0.25, -0.2) is 4.98 Å². The van der Waals surface area contributed by atoms with Crippen molar-refractivity contribution in [1.29, 1.82) is 5.41 Å². The van der Waals surface area contributed by atoms with Crippen LogP contribution in [-0.4, -0.2) is 17.4 Å². The van der Waals surface area contributed by atoms with Gasteiger partial charge in [-0.2, -0.15) is 0 Å². The average Bonchev–Trinajstić information content (AvgIpc) is 2.56. The maximum atomic E-state index is 7.60. The van der Waals surface area contributed by atoms with Crippen molar-refractivity contribution in [2.75, 3.05) is 11.4 Å². The predicted octanol–water partition coefficient (Wildman–Crippen LogP) is 3.68. The van der Waals surface area contributed by atoms with E-state index in [-0.39, 0.29) is 5.84 Å². The molecule has 3 N–H and O–H groups in total. The zero-order valence-electron chi connectivity index (χ0n) is 12.5. The van der Waals surface area contributed by atoms with Gasteiger partial charge < -0.3 is 10.6 Å². The molecule has 4 heteroatoms. The van der Waals surface area contributed by atoms with Crippen LogP contribution in [0.4, 0.5) is 11.5 Å². The molecule has 0 saturated heterocycles. The van der Waals surface area contributed by atoms with Crippen LogP contribution in [0.3, 0.4) is 0 Å². The van der Waals surface area contributed by atoms with E-state index >= 15 is 0 Å². The Morgan fingerprint density at radius 3 is 2.68 bits per heavy atom. The van der Waals surface area contributed by atoms with Crippen molar-refractivity contribution >= 4 is 28.1 Å². The zero-order valence-corrected chi connectivity index (χ0v) is 12.5. The highest BCUT2D eigenvalue weighted by molar-refractivity contribution is 5.97. The van der Waals surface area contributed by atoms with Crippen LogP contribution in [0.5, 0.6) is 0 Å². The van der Waals surface area contributed by atoms with E-state index in [0.717, 1.165) is 18.1 Å². The van der Waals surface area contributed by atoms with Gasteiger partial charge >= 0.3 is 0 Å². The molecule has 0 radical (unpaired) electrons. The van der Waals surface area contributed by atoms with Crippen LogP contribution in [0.15, 0.2) is 60.8 Å². The summed E-state index contributed by atoms with van der Waals surface area (Å²) in [6, 6.07) is 18.1. The third-order valence-electron chi connectivity index (χ3n) is 3.71. The van der Waals surface area contributed by atoms with Gasteiger partial charge in [0.1, 0.15) is 11.7 Å². The van der Waals surface area contributed by atoms with Gasteiger partial charge in [0.25, 0.3) is 0 Å². The summed E-state index contributed by atoms with van der Waals surface area (Å²) in [5.41, 5.74) is 7.38. The molecule has 3 aromatic rings. The molecule has 0 saturated carbocycles. The van der Waals surface area contributed by atoms with E-state index in [1.807, 2.05) is 18.2 Å². The SMILES string of the molecule is CCN(c1cc(C(=N)N)ccn1)c1cccc2ccccc12. The third kappa shape index (κ3) is 2.51. The quantitative estimate of drug-likeness (QED) is 0.569. The largest absolute Gasteiger partial charge is 0.384 e. The highest BCUT2D eigenvalue weighted by Crippen LogP contribution is 2.31. The monoisotopic (exact) mass is 290 g/mol. The fraction of sp³-hybridized carbons (Fsp3) is 0.111. The van der Waals surface area contributed by atoms with E-state index in [0.29, 0.717) is 5.56 Å². The predicted molar refractivity (Wildman–Crippen MR) is 91.9 cm³/mol. The number of pyridine rings is 1. The van der Waals surface area contributed by atoms with Crippen LogP contribution in [0.25, 0.3) is 10.8 Å². The normalized spacial score (nSPS) is 10.6. The fourth-order valence-electron chi connectivity index (χ4n) is 2.63. The molecule has 0 atom stereocenters. The van der Waals surface area contributed by atoms with Crippen molar-refractivity contribution in [3.63, 3.8) is 0 Å². The van der Waals surface area contributed by atoms with E-state index in [1.165, 1.54) is 10.8 Å². The van der Waals surface area contributed by atoms with E-state index in [2.05, 4.69) is 47.1 Å². The third-order valence-corrected chi connectivity index (χ3v) is 3.71. The van der Waals surface area contributed by atoms with Gasteiger partial charge in [0.05, 0.1) is 5.69 Å². The van der Waals surface area contributed by atoms with Crippen molar-refractivity contribution in [3.8, 4) is 0 Å². The van der Waals surface area contributed by atoms with Crippen LogP contribution in [-0.2, 0) is 0 Å². The number of rotatable bonds is 4. The molecule has 3 rings (SSSR count). The number of nitrogen functional groups attached to an aromatic ring is 1. The van der Waals surface area contributed by atoms with Crippen LogP contribution >= 0.6 is 0 Å². The lowest BCUT2D eigenvalue weighted by Gasteiger charge is -2.24. The number of aromatic nitrogens is 1. The summed E-state index contributed by atoms with van der Waals surface area (Å²) < 4.78 is 0. The van der Waals surface area contributed by atoms with Crippen molar-refractivity contribution in [2.24, 2.45) is 5.73 Å². The van der Waals surface area contributed by atoms with Crippen molar-refractivity contribution in [2.45, 2.75) is 6.92 Å². The first-order chi connectivity index (χ1) is 10.7. The summed E-state index contributed by atoms with van der Waals surface area (Å²) in [6.07, 6.45) is 1.69. The Morgan fingerprint density at radius 2 is 1.91 bits per heavy atom. The molecule has 22 heavy (non-hydrogen) atoms. The smallest absolute Gasteiger partial charge is 0.133 e. The van der Waals surface area contributed by atoms with Crippen molar-refractivity contribution in [1.82, 2.24) is 4.98 Å². The Hall–Kier alpha value is -2.88. The lowest BCUT2D eigenvalue weighted by Crippen LogP contribution is -2.19. The summed E-state index contributed by atoms with van der Waals surface area (Å²) in [5.74, 6) is 0.851. The van der Waals surface area contributed by atoms with Crippen LogP contribution in [0.1, 0.15) is 12.5 Å². The van der Waals surface area contributed by atoms with E-state index in [1.54, 1.807) is 12.3 Å². The molecular weight excluding hydrogens is 272 g/mol. The molecule has 0 spiro atoms. The number of nitrogens with two attached hydrogens (primary N) is 1. The average molecular weight is 290 g/mol. The second-order valence-electron chi connectivity index (χ2n) is 5.06. The number of benzene rings is 2. The Balaban J connectivity index is 2.14. The first kappa shape index (κ1) is 14.1. The number of nitrogens with zero attached hydrogens (tertiary/aromatic N) is 2. The molecule has 0 aliphatic rings. The van der Waals surface area contributed by atoms with Gasteiger partial charge in [0.2, 0.25) is 0 Å². The summed E-state index contributed by atoms with van der Waals surface area (Å²) in [4.78, 5) is 6.58. The van der Waals surface area contributed by atoms with Crippen LogP contribution in [0.2, 0.25) is 0 Å². The van der Waals surface area contributed by atoms with Gasteiger partial charge in [0, 0.05) is 23.7 Å². The Labute approximate surface area is 129 Å². The molecule has 0 amide bonds. The maximum absolute atomic E-state index is 7.60. The molecule has 1 aromatic heterocycles. The molecule has 0 aliphatic carbocycles. The summed E-state index contributed by atoms with van der Waals surface area (Å²) >= 11 is 0. The number of fused-ring (bicyclic) bond motifs is 1. The van der Waals surface area contributed by atoms with Crippen LogP contribution < -0.4 is 10.6 Å². The first-order valence-corrected chi connectivity index (χ1v) is 7.26. The van der Waals surface area contributed by atoms with Crippen molar-refractivity contribution < 1.29 is 0 Å². The number of nitrogens with one attached hydrogen (secondary N) is 1. The van der Waals surface area contributed by atoms with Gasteiger partial charge in [-0.1, -0.05) is 36.4 Å². The lowest BCUT2D eigenvalue weighted by atomic mass is 10.1. The Kier molecular flexibility index (Phi) is 3.74. The summed E-state index contributed by atoms with van der Waals surface area (Å²) in [7, 11) is 0. The molecule has 0 bridgehead atoms. The molecule has 1 heterocycles. The number of hydrogen-bond donors (Lipinski definition) is 2. The van der Waals surface area contributed by atoms with Gasteiger partial charge in [0.15, 0.2) is 0 Å². The topological polar surface area (TPSA) is 66.0 Å². The minimum atomic E-state index is 0.0534. The maximum Gasteiger partial charge on any atom is 0.133 e. The minimum Gasteiger partial charge on any atom is -0.384 e. The standard InChI is InChI=1S/C18H18N4/c1-2-22(17-12-14(18(19)20)10-11-21-17)16-9-5-7-13-6-3-4-8-15(13)16/h3-12H,2H2,1H3,(H3,19,20). The highest BCUT2D eigenvalue weighted by atomic mass is 15.2. The second kappa shape index (κ2) is 5.85. The van der Waals surface area contributed by atoms with Gasteiger partial charge in [-0.05, 0) is 30.5 Å². The summed E-state index contributed by atoms with van der Waals surface area (Å²) in [6.45, 7) is 2.87. The van der Waals surface area contributed by atoms with E-state index in [9.17, 15) is 0 Å². The van der Waals surface area contributed by atoms with Crippen molar-refractivity contribution in [3.05, 3.63) is 66.4 Å². The van der Waals surface area contributed by atoms with Crippen LogP contribution in [0, 0.1) is 5.41 Å². The number of amidine groups is 1. The summed E-state index contributed by atoms with van der Waals surface area (Å²) in [5, 5.41) is 9.98. The molecule has 110 valence electrons. The molecule has 4 nitrogen and oxygen atoms in total. The number of anilines is 2. The Bertz CT molecular complexity index is 821. The molecule has 0 unspecified atom stereocenters. The second-order valence-corrected chi connectivity index (χ2v) is 5.06. The highest BCUT2D eigenvalue weighted by Gasteiger charge is 2.12. The molecule has 0 aliphatic heterocycles. The molecule has 0 fully saturated rings. The first-order valence-electron chi connectivity index (χ1n) is 7.26. The Morgan fingerprint density at radius 1 is 1.14 bits per heavy atom. The van der Waals surface area contributed by atoms with E-state index in [4.69, 9.17) is 11.1 Å². The van der Waals surface area contributed by atoms with Gasteiger partial charge in [-0.15, -0.1) is 0 Å². The fourth-order valence-corrected chi connectivity index (χ4v) is 2.63. The lowest BCUT2D eigenvalue weighted by molar-refractivity contribution is 0.994. The zero-order chi connectivity index (χ0) is 15.5. The van der Waals surface area contributed by atoms with Gasteiger partial charge in [-0.3, -0.25) is 5.41 Å². The number of hydrogen-bond acceptors (Lipinski definition) is 3.